The molecule has 0 saturated carbocycles. The van der Waals surface area contributed by atoms with Gasteiger partial charge in [0.2, 0.25) is 0 Å². The van der Waals surface area contributed by atoms with Crippen molar-refractivity contribution in [2.75, 3.05) is 11.5 Å². The molecular formula is C17H16N2O. The lowest BCUT2D eigenvalue weighted by Crippen LogP contribution is -1.93. The summed E-state index contributed by atoms with van der Waals surface area (Å²) < 4.78 is 5.60. The molecule has 3 heteroatoms. The summed E-state index contributed by atoms with van der Waals surface area (Å²) >= 11 is 0. The Hall–Kier alpha value is -2.68. The van der Waals surface area contributed by atoms with Crippen molar-refractivity contribution in [3.8, 4) is 22.3 Å². The molecule has 1 heterocycles. The normalized spacial score (nSPS) is 10.7. The number of benzene rings is 2. The maximum atomic E-state index is 6.09. The van der Waals surface area contributed by atoms with Gasteiger partial charge >= 0.3 is 0 Å². The van der Waals surface area contributed by atoms with Crippen LogP contribution in [-0.4, -0.2) is 0 Å². The molecule has 0 atom stereocenters. The van der Waals surface area contributed by atoms with E-state index in [0.717, 1.165) is 39.4 Å². The molecule has 0 fully saturated rings. The summed E-state index contributed by atoms with van der Waals surface area (Å²) in [5.41, 5.74) is 17.5. The molecule has 4 N–H and O–H groups in total. The quantitative estimate of drug-likeness (QED) is 0.685. The van der Waals surface area contributed by atoms with Crippen LogP contribution in [0.3, 0.4) is 0 Å². The Morgan fingerprint density at radius 2 is 1.30 bits per heavy atom. The molecule has 2 aromatic carbocycles. The van der Waals surface area contributed by atoms with Gasteiger partial charge in [0.15, 0.2) is 0 Å². The highest BCUT2D eigenvalue weighted by Gasteiger charge is 2.17. The third-order valence-electron chi connectivity index (χ3n) is 3.46. The predicted molar refractivity (Wildman–Crippen MR) is 83.1 cm³/mol. The number of hydrogen-bond donors (Lipinski definition) is 2. The number of rotatable bonds is 2. The van der Waals surface area contributed by atoms with Crippen molar-refractivity contribution in [3.05, 3.63) is 60.6 Å². The second-order valence-corrected chi connectivity index (χ2v) is 4.76. The Labute approximate surface area is 117 Å². The highest BCUT2D eigenvalue weighted by molar-refractivity contribution is 5.92. The molecule has 3 rings (SSSR count). The van der Waals surface area contributed by atoms with Gasteiger partial charge in [-0.15, -0.1) is 0 Å². The van der Waals surface area contributed by atoms with Crippen LogP contribution < -0.4 is 11.5 Å². The molecule has 0 unspecified atom stereocenters. The molecule has 0 saturated heterocycles. The first-order valence-electron chi connectivity index (χ1n) is 6.46. The van der Waals surface area contributed by atoms with Gasteiger partial charge < -0.3 is 15.9 Å². The second kappa shape index (κ2) is 4.78. The van der Waals surface area contributed by atoms with E-state index < -0.39 is 0 Å². The van der Waals surface area contributed by atoms with E-state index in [1.807, 2.05) is 55.5 Å². The SMILES string of the molecule is Cc1occ(-c2ccccc2N)c1-c1ccccc1N. The third-order valence-corrected chi connectivity index (χ3v) is 3.46. The molecule has 0 aliphatic rings. The fraction of sp³-hybridized carbons (Fsp3) is 0.0588. The predicted octanol–water partition coefficient (Wildman–Crippen LogP) is 4.09. The number of nitrogen functional groups attached to an aromatic ring is 2. The summed E-state index contributed by atoms with van der Waals surface area (Å²) in [7, 11) is 0. The van der Waals surface area contributed by atoms with Crippen molar-refractivity contribution in [3.63, 3.8) is 0 Å². The zero-order valence-corrected chi connectivity index (χ0v) is 11.3. The highest BCUT2D eigenvalue weighted by Crippen LogP contribution is 2.40. The average molecular weight is 264 g/mol. The lowest BCUT2D eigenvalue weighted by Gasteiger charge is -2.09. The fourth-order valence-electron chi connectivity index (χ4n) is 2.45. The first-order valence-corrected chi connectivity index (χ1v) is 6.46. The van der Waals surface area contributed by atoms with Gasteiger partial charge in [0.05, 0.1) is 6.26 Å². The molecular weight excluding hydrogens is 248 g/mol. The van der Waals surface area contributed by atoms with E-state index in [-0.39, 0.29) is 0 Å². The van der Waals surface area contributed by atoms with Gasteiger partial charge in [0, 0.05) is 33.6 Å². The maximum absolute atomic E-state index is 6.09. The topological polar surface area (TPSA) is 65.2 Å². The Morgan fingerprint density at radius 1 is 0.750 bits per heavy atom. The van der Waals surface area contributed by atoms with Crippen LogP contribution in [0.4, 0.5) is 11.4 Å². The number of aryl methyl sites for hydroxylation is 1. The molecule has 20 heavy (non-hydrogen) atoms. The zero-order valence-electron chi connectivity index (χ0n) is 11.3. The lowest BCUT2D eigenvalue weighted by atomic mass is 9.95. The smallest absolute Gasteiger partial charge is 0.109 e. The van der Waals surface area contributed by atoms with Crippen molar-refractivity contribution < 1.29 is 4.42 Å². The minimum Gasteiger partial charge on any atom is -0.468 e. The summed E-state index contributed by atoms with van der Waals surface area (Å²) in [5.74, 6) is 0.834. The second-order valence-electron chi connectivity index (χ2n) is 4.76. The maximum Gasteiger partial charge on any atom is 0.109 e. The van der Waals surface area contributed by atoms with Crippen LogP contribution in [0.15, 0.2) is 59.2 Å². The summed E-state index contributed by atoms with van der Waals surface area (Å²) in [4.78, 5) is 0. The zero-order chi connectivity index (χ0) is 14.1. The summed E-state index contributed by atoms with van der Waals surface area (Å²) in [6.45, 7) is 1.93. The molecule has 0 aliphatic heterocycles. The van der Waals surface area contributed by atoms with Gasteiger partial charge in [0.25, 0.3) is 0 Å². The van der Waals surface area contributed by atoms with Gasteiger partial charge in [-0.3, -0.25) is 0 Å². The van der Waals surface area contributed by atoms with Gasteiger partial charge in [-0.25, -0.2) is 0 Å². The molecule has 0 bridgehead atoms. The largest absolute Gasteiger partial charge is 0.468 e. The van der Waals surface area contributed by atoms with Crippen LogP contribution in [0.25, 0.3) is 22.3 Å². The fourth-order valence-corrected chi connectivity index (χ4v) is 2.45. The molecule has 3 nitrogen and oxygen atoms in total. The lowest BCUT2D eigenvalue weighted by molar-refractivity contribution is 0.536. The van der Waals surface area contributed by atoms with Crippen LogP contribution in [0.1, 0.15) is 5.76 Å². The van der Waals surface area contributed by atoms with E-state index in [2.05, 4.69) is 0 Å². The Bertz CT molecular complexity index is 759. The molecule has 100 valence electrons. The average Bonchev–Trinajstić information content (AvgIpc) is 2.82. The van der Waals surface area contributed by atoms with E-state index in [1.165, 1.54) is 0 Å². The molecule has 0 spiro atoms. The highest BCUT2D eigenvalue weighted by atomic mass is 16.3. The first-order chi connectivity index (χ1) is 9.68. The van der Waals surface area contributed by atoms with E-state index >= 15 is 0 Å². The van der Waals surface area contributed by atoms with Crippen LogP contribution >= 0.6 is 0 Å². The van der Waals surface area contributed by atoms with Crippen molar-refractivity contribution in [1.82, 2.24) is 0 Å². The molecule has 0 aliphatic carbocycles. The molecule has 1 aromatic heterocycles. The van der Waals surface area contributed by atoms with Crippen LogP contribution in [0, 0.1) is 6.92 Å². The van der Waals surface area contributed by atoms with E-state index in [0.29, 0.717) is 0 Å². The number of furan rings is 1. The van der Waals surface area contributed by atoms with E-state index in [1.54, 1.807) is 6.26 Å². The summed E-state index contributed by atoms with van der Waals surface area (Å²) in [6.07, 6.45) is 1.74. The number of para-hydroxylation sites is 2. The Balaban J connectivity index is 2.26. The Morgan fingerprint density at radius 3 is 1.90 bits per heavy atom. The van der Waals surface area contributed by atoms with Crippen LogP contribution in [0.2, 0.25) is 0 Å². The van der Waals surface area contributed by atoms with E-state index in [4.69, 9.17) is 15.9 Å². The minimum absolute atomic E-state index is 0.726. The van der Waals surface area contributed by atoms with Crippen LogP contribution in [0.5, 0.6) is 0 Å². The Kier molecular flexibility index (Phi) is 2.95. The van der Waals surface area contributed by atoms with Crippen molar-refractivity contribution in [1.29, 1.82) is 0 Å². The van der Waals surface area contributed by atoms with Crippen LogP contribution in [-0.2, 0) is 0 Å². The third kappa shape index (κ3) is 1.93. The molecule has 0 radical (unpaired) electrons. The molecule has 0 amide bonds. The minimum atomic E-state index is 0.726. The summed E-state index contributed by atoms with van der Waals surface area (Å²) in [5, 5.41) is 0. The van der Waals surface area contributed by atoms with Crippen molar-refractivity contribution in [2.45, 2.75) is 6.92 Å². The van der Waals surface area contributed by atoms with Gasteiger partial charge in [-0.05, 0) is 19.1 Å². The molecule has 3 aromatic rings. The van der Waals surface area contributed by atoms with E-state index in [9.17, 15) is 0 Å². The number of hydrogen-bond acceptors (Lipinski definition) is 3. The van der Waals surface area contributed by atoms with Gasteiger partial charge in [-0.2, -0.15) is 0 Å². The van der Waals surface area contributed by atoms with Gasteiger partial charge in [0.1, 0.15) is 5.76 Å². The standard InChI is InChI=1S/C17H16N2O/c1-11-17(13-7-3-5-9-16(13)19)14(10-20-11)12-6-2-4-8-15(12)18/h2-10H,18-19H2,1H3. The first kappa shape index (κ1) is 12.4. The van der Waals surface area contributed by atoms with Gasteiger partial charge in [-0.1, -0.05) is 36.4 Å². The van der Waals surface area contributed by atoms with Crippen molar-refractivity contribution >= 4 is 11.4 Å². The van der Waals surface area contributed by atoms with Crippen molar-refractivity contribution in [2.24, 2.45) is 0 Å². The summed E-state index contributed by atoms with van der Waals surface area (Å²) in [6, 6.07) is 15.5. The monoisotopic (exact) mass is 264 g/mol. The number of nitrogens with two attached hydrogens (primary N) is 2. The number of anilines is 2.